The Balaban J connectivity index is 3.71. The molecule has 0 radical (unpaired) electrons. The molecule has 0 heterocycles. The first kappa shape index (κ1) is 18.7. The van der Waals surface area contributed by atoms with Gasteiger partial charge in [0.2, 0.25) is 0 Å². The van der Waals surface area contributed by atoms with Gasteiger partial charge in [-0.05, 0) is 12.8 Å². The standard InChI is InChI=1S/C15H30N2O3/c1-4-6-7-8-9-10-12-16-15(19)17-13(11-5-2)14(18)20-3/h13H,4-12H2,1-3H3,(H2,16,17,19). The monoisotopic (exact) mass is 286 g/mol. The summed E-state index contributed by atoms with van der Waals surface area (Å²) in [6.45, 7) is 4.81. The van der Waals surface area contributed by atoms with E-state index in [-0.39, 0.29) is 12.0 Å². The van der Waals surface area contributed by atoms with Gasteiger partial charge in [-0.3, -0.25) is 0 Å². The van der Waals surface area contributed by atoms with Crippen molar-refractivity contribution in [3.05, 3.63) is 0 Å². The zero-order valence-electron chi connectivity index (χ0n) is 13.2. The number of unbranched alkanes of at least 4 members (excludes halogenated alkanes) is 5. The Labute approximate surface area is 122 Å². The van der Waals surface area contributed by atoms with Crippen LogP contribution in [-0.2, 0) is 9.53 Å². The second kappa shape index (κ2) is 12.8. The fourth-order valence-electron chi connectivity index (χ4n) is 2.00. The van der Waals surface area contributed by atoms with E-state index in [1.54, 1.807) is 0 Å². The Bertz CT molecular complexity index is 270. The molecule has 1 atom stereocenters. The molecule has 1 unspecified atom stereocenters. The van der Waals surface area contributed by atoms with E-state index in [0.717, 1.165) is 19.3 Å². The van der Waals surface area contributed by atoms with Crippen molar-refractivity contribution in [2.45, 2.75) is 71.3 Å². The summed E-state index contributed by atoms with van der Waals surface area (Å²) in [7, 11) is 1.33. The molecule has 0 aromatic carbocycles. The van der Waals surface area contributed by atoms with Crippen LogP contribution in [0.25, 0.3) is 0 Å². The van der Waals surface area contributed by atoms with E-state index in [2.05, 4.69) is 22.3 Å². The molecule has 2 amide bonds. The number of methoxy groups -OCH3 is 1. The van der Waals surface area contributed by atoms with E-state index < -0.39 is 6.04 Å². The molecule has 20 heavy (non-hydrogen) atoms. The van der Waals surface area contributed by atoms with Gasteiger partial charge in [0.15, 0.2) is 0 Å². The van der Waals surface area contributed by atoms with Crippen LogP contribution in [0.5, 0.6) is 0 Å². The summed E-state index contributed by atoms with van der Waals surface area (Å²) >= 11 is 0. The van der Waals surface area contributed by atoms with Gasteiger partial charge in [0.1, 0.15) is 6.04 Å². The molecule has 2 N–H and O–H groups in total. The van der Waals surface area contributed by atoms with E-state index >= 15 is 0 Å². The normalized spacial score (nSPS) is 11.8. The fourth-order valence-corrected chi connectivity index (χ4v) is 2.00. The summed E-state index contributed by atoms with van der Waals surface area (Å²) in [5.74, 6) is -0.387. The number of carbonyl (C=O) groups excluding carboxylic acids is 2. The number of hydrogen-bond acceptors (Lipinski definition) is 3. The van der Waals surface area contributed by atoms with E-state index in [9.17, 15) is 9.59 Å². The third-order valence-corrected chi connectivity index (χ3v) is 3.18. The number of amides is 2. The van der Waals surface area contributed by atoms with Crippen molar-refractivity contribution in [2.75, 3.05) is 13.7 Å². The van der Waals surface area contributed by atoms with Gasteiger partial charge in [-0.2, -0.15) is 0 Å². The van der Waals surface area contributed by atoms with Gasteiger partial charge in [0.05, 0.1) is 7.11 Å². The van der Waals surface area contributed by atoms with Gasteiger partial charge >= 0.3 is 12.0 Å². The highest BCUT2D eigenvalue weighted by Crippen LogP contribution is 2.04. The van der Waals surface area contributed by atoms with Crippen molar-refractivity contribution in [3.63, 3.8) is 0 Å². The largest absolute Gasteiger partial charge is 0.467 e. The van der Waals surface area contributed by atoms with Crippen molar-refractivity contribution >= 4 is 12.0 Å². The maximum absolute atomic E-state index is 11.7. The van der Waals surface area contributed by atoms with Gasteiger partial charge in [-0.1, -0.05) is 52.4 Å². The van der Waals surface area contributed by atoms with Gasteiger partial charge in [0, 0.05) is 6.54 Å². The number of rotatable bonds is 11. The lowest BCUT2D eigenvalue weighted by Gasteiger charge is -2.16. The van der Waals surface area contributed by atoms with Crippen LogP contribution in [0.2, 0.25) is 0 Å². The van der Waals surface area contributed by atoms with E-state index in [0.29, 0.717) is 13.0 Å². The molecule has 0 aromatic rings. The molecule has 0 bridgehead atoms. The minimum Gasteiger partial charge on any atom is -0.467 e. The Morgan fingerprint density at radius 3 is 2.25 bits per heavy atom. The Kier molecular flexibility index (Phi) is 12.0. The molecule has 0 aliphatic carbocycles. The van der Waals surface area contributed by atoms with Gasteiger partial charge < -0.3 is 15.4 Å². The summed E-state index contributed by atoms with van der Waals surface area (Å²) in [4.78, 5) is 23.1. The Morgan fingerprint density at radius 1 is 1.00 bits per heavy atom. The maximum atomic E-state index is 11.7. The van der Waals surface area contributed by atoms with Gasteiger partial charge in [-0.15, -0.1) is 0 Å². The zero-order valence-corrected chi connectivity index (χ0v) is 13.2. The number of carbonyl (C=O) groups is 2. The van der Waals surface area contributed by atoms with Crippen LogP contribution in [0, 0.1) is 0 Å². The minimum atomic E-state index is -0.547. The second-order valence-corrected chi connectivity index (χ2v) is 5.03. The molecule has 5 nitrogen and oxygen atoms in total. The number of esters is 1. The van der Waals surface area contributed by atoms with E-state index in [1.165, 1.54) is 32.8 Å². The third-order valence-electron chi connectivity index (χ3n) is 3.18. The second-order valence-electron chi connectivity index (χ2n) is 5.03. The maximum Gasteiger partial charge on any atom is 0.328 e. The summed E-state index contributed by atoms with van der Waals surface area (Å²) in [5.41, 5.74) is 0. The van der Waals surface area contributed by atoms with Crippen molar-refractivity contribution in [3.8, 4) is 0 Å². The quantitative estimate of drug-likeness (QED) is 0.453. The minimum absolute atomic E-state index is 0.289. The molecule has 0 aliphatic rings. The predicted octanol–water partition coefficient (Wildman–Crippen LogP) is 2.99. The van der Waals surface area contributed by atoms with Gasteiger partial charge in [0.25, 0.3) is 0 Å². The molecule has 0 aliphatic heterocycles. The van der Waals surface area contributed by atoms with Crippen LogP contribution in [-0.4, -0.2) is 31.7 Å². The van der Waals surface area contributed by atoms with Gasteiger partial charge in [-0.25, -0.2) is 9.59 Å². The number of hydrogen-bond donors (Lipinski definition) is 2. The smallest absolute Gasteiger partial charge is 0.328 e. The summed E-state index contributed by atoms with van der Waals surface area (Å²) in [6.07, 6.45) is 8.54. The van der Waals surface area contributed by atoms with Crippen LogP contribution in [0.4, 0.5) is 4.79 Å². The first-order valence-corrected chi connectivity index (χ1v) is 7.77. The molecule has 0 fully saturated rings. The highest BCUT2D eigenvalue weighted by Gasteiger charge is 2.19. The SMILES string of the molecule is CCCCCCCCNC(=O)NC(CCC)C(=O)OC. The predicted molar refractivity (Wildman–Crippen MR) is 80.6 cm³/mol. The third kappa shape index (κ3) is 9.64. The Morgan fingerprint density at radius 2 is 1.65 bits per heavy atom. The fraction of sp³-hybridized carbons (Fsp3) is 0.867. The van der Waals surface area contributed by atoms with E-state index in [1.807, 2.05) is 6.92 Å². The first-order valence-electron chi connectivity index (χ1n) is 7.77. The Hall–Kier alpha value is -1.26. The zero-order chi connectivity index (χ0) is 15.2. The first-order chi connectivity index (χ1) is 9.65. The molecule has 0 spiro atoms. The van der Waals surface area contributed by atoms with Crippen molar-refractivity contribution < 1.29 is 14.3 Å². The number of nitrogens with one attached hydrogen (secondary N) is 2. The lowest BCUT2D eigenvalue weighted by Crippen LogP contribution is -2.46. The highest BCUT2D eigenvalue weighted by atomic mass is 16.5. The topological polar surface area (TPSA) is 67.4 Å². The van der Waals surface area contributed by atoms with Crippen LogP contribution in [0.1, 0.15) is 65.2 Å². The molecular weight excluding hydrogens is 256 g/mol. The molecular formula is C15H30N2O3. The van der Waals surface area contributed by atoms with Crippen molar-refractivity contribution in [1.82, 2.24) is 10.6 Å². The summed E-state index contributed by atoms with van der Waals surface area (Å²) in [5, 5.41) is 5.44. The van der Waals surface area contributed by atoms with Crippen molar-refractivity contribution in [1.29, 1.82) is 0 Å². The highest BCUT2D eigenvalue weighted by molar-refractivity contribution is 5.83. The van der Waals surface area contributed by atoms with Crippen molar-refractivity contribution in [2.24, 2.45) is 0 Å². The number of ether oxygens (including phenoxy) is 1. The lowest BCUT2D eigenvalue weighted by molar-refractivity contribution is -0.143. The van der Waals surface area contributed by atoms with Crippen LogP contribution in [0.3, 0.4) is 0 Å². The van der Waals surface area contributed by atoms with E-state index in [4.69, 9.17) is 0 Å². The molecule has 0 saturated heterocycles. The lowest BCUT2D eigenvalue weighted by atomic mass is 10.1. The summed E-state index contributed by atoms with van der Waals surface area (Å²) < 4.78 is 4.66. The molecule has 5 heteroatoms. The molecule has 118 valence electrons. The molecule has 0 aromatic heterocycles. The summed E-state index contributed by atoms with van der Waals surface area (Å²) in [6, 6.07) is -0.836. The molecule has 0 saturated carbocycles. The van der Waals surface area contributed by atoms with Crippen LogP contribution < -0.4 is 10.6 Å². The molecule has 0 rings (SSSR count). The van der Waals surface area contributed by atoms with Crippen LogP contribution in [0.15, 0.2) is 0 Å². The average molecular weight is 286 g/mol. The average Bonchev–Trinajstić information content (AvgIpc) is 2.45. The number of urea groups is 1. The van der Waals surface area contributed by atoms with Crippen LogP contribution >= 0.6 is 0 Å².